The minimum atomic E-state index is -0.536. The second kappa shape index (κ2) is 11.3. The van der Waals surface area contributed by atoms with Crippen molar-refractivity contribution in [1.29, 1.82) is 0 Å². The summed E-state index contributed by atoms with van der Waals surface area (Å²) in [6, 6.07) is 4.36. The van der Waals surface area contributed by atoms with E-state index >= 15 is 0 Å². The lowest BCUT2D eigenvalue weighted by atomic mass is 9.91. The largest absolute Gasteiger partial charge is 0.493 e. The molecular weight excluding hydrogens is 466 g/mol. The molecule has 1 aromatic rings. The third-order valence-corrected chi connectivity index (χ3v) is 8.68. The Kier molecular flexibility index (Phi) is 8.13. The molecule has 6 nitrogen and oxygen atoms in total. The van der Waals surface area contributed by atoms with E-state index in [0.717, 1.165) is 63.5 Å². The van der Waals surface area contributed by atoms with Gasteiger partial charge in [-0.15, -0.1) is 0 Å². The summed E-state index contributed by atoms with van der Waals surface area (Å²) in [4.78, 5) is 19.8. The van der Waals surface area contributed by atoms with E-state index in [1.807, 2.05) is 0 Å². The van der Waals surface area contributed by atoms with Gasteiger partial charge in [-0.2, -0.15) is 5.06 Å². The van der Waals surface area contributed by atoms with Crippen LogP contribution in [-0.4, -0.2) is 67.2 Å². The van der Waals surface area contributed by atoms with Gasteiger partial charge in [0.25, 0.3) is 0 Å². The summed E-state index contributed by atoms with van der Waals surface area (Å²) in [5.41, 5.74) is 0.394. The average Bonchev–Trinajstić information content (AvgIpc) is 3.76. The molecule has 5 rings (SSSR count). The van der Waals surface area contributed by atoms with Crippen molar-refractivity contribution in [1.82, 2.24) is 9.96 Å². The zero-order valence-corrected chi connectivity index (χ0v) is 21.4. The molecular formula is C28H40F2N2O4. The number of benzene rings is 1. The summed E-state index contributed by atoms with van der Waals surface area (Å²) < 4.78 is 39.3. The number of ether oxygens (including phenoxy) is 2. The second-order valence-electron chi connectivity index (χ2n) is 11.4. The standard InChI is InChI=1S/C28H40F2N2O4/c1-28(9-10-28)35-19-36-31-12-6-20(7-13-31)25-15-21(25)8-14-34-24-5-4-22(26(30)17-24)16-27(33)32-11-2-3-23(32)18-29/h4-5,17,20-21,23,25H,2-3,6-16,18-19H2,1H3/t21-,23-,25-/m1/s1. The molecule has 200 valence electrons. The van der Waals surface area contributed by atoms with Crippen LogP contribution in [0.4, 0.5) is 8.78 Å². The number of hydroxylamine groups is 2. The van der Waals surface area contributed by atoms with E-state index in [4.69, 9.17) is 14.3 Å². The number of amides is 1. The Bertz CT molecular complexity index is 904. The molecule has 4 aliphatic rings. The summed E-state index contributed by atoms with van der Waals surface area (Å²) in [7, 11) is 0. The molecule has 2 aliphatic carbocycles. The van der Waals surface area contributed by atoms with E-state index in [9.17, 15) is 13.6 Å². The van der Waals surface area contributed by atoms with E-state index in [0.29, 0.717) is 43.6 Å². The van der Waals surface area contributed by atoms with E-state index in [1.54, 1.807) is 17.0 Å². The molecule has 2 saturated heterocycles. The van der Waals surface area contributed by atoms with E-state index in [-0.39, 0.29) is 24.0 Å². The highest BCUT2D eigenvalue weighted by atomic mass is 19.1. The van der Waals surface area contributed by atoms with Crippen molar-refractivity contribution >= 4 is 5.91 Å². The number of carbonyl (C=O) groups excluding carboxylic acids is 1. The fraction of sp³-hybridized carbons (Fsp3) is 0.750. The van der Waals surface area contributed by atoms with Gasteiger partial charge < -0.3 is 14.4 Å². The smallest absolute Gasteiger partial charge is 0.227 e. The summed E-state index contributed by atoms with van der Waals surface area (Å²) in [6.45, 7) is 5.01. The summed E-state index contributed by atoms with van der Waals surface area (Å²) in [6.07, 6.45) is 8.27. The lowest BCUT2D eigenvalue weighted by Gasteiger charge is -2.31. The third-order valence-electron chi connectivity index (χ3n) is 8.68. The quantitative estimate of drug-likeness (QED) is 0.378. The van der Waals surface area contributed by atoms with Crippen molar-refractivity contribution in [2.75, 3.05) is 39.7 Å². The van der Waals surface area contributed by atoms with Crippen LogP contribution in [0.2, 0.25) is 0 Å². The fourth-order valence-corrected chi connectivity index (χ4v) is 5.86. The first-order valence-electron chi connectivity index (χ1n) is 13.7. The third kappa shape index (κ3) is 6.56. The Morgan fingerprint density at radius 1 is 1.17 bits per heavy atom. The van der Waals surface area contributed by atoms with Crippen LogP contribution in [0, 0.1) is 23.6 Å². The number of piperidine rings is 1. The van der Waals surface area contributed by atoms with Gasteiger partial charge in [0.15, 0.2) is 6.79 Å². The SMILES string of the molecule is CC1(OCON2CCC([C@H]3C[C@H]3CCOc3ccc(CC(=O)N4CCC[C@@H]4CF)c(F)c3)CC2)CC1. The number of carbonyl (C=O) groups is 1. The maximum Gasteiger partial charge on any atom is 0.227 e. The molecule has 3 atom stereocenters. The fourth-order valence-electron chi connectivity index (χ4n) is 5.86. The first-order chi connectivity index (χ1) is 17.4. The van der Waals surface area contributed by atoms with E-state index in [1.165, 1.54) is 12.5 Å². The maximum absolute atomic E-state index is 14.6. The predicted molar refractivity (Wildman–Crippen MR) is 131 cm³/mol. The predicted octanol–water partition coefficient (Wildman–Crippen LogP) is 4.90. The molecule has 0 radical (unpaired) electrons. The van der Waals surface area contributed by atoms with Gasteiger partial charge in [-0.25, -0.2) is 8.78 Å². The van der Waals surface area contributed by atoms with Crippen LogP contribution < -0.4 is 4.74 Å². The molecule has 4 fully saturated rings. The lowest BCUT2D eigenvalue weighted by molar-refractivity contribution is -0.247. The topological polar surface area (TPSA) is 51.2 Å². The molecule has 2 heterocycles. The van der Waals surface area contributed by atoms with Gasteiger partial charge in [0.05, 0.1) is 24.7 Å². The monoisotopic (exact) mass is 506 g/mol. The van der Waals surface area contributed by atoms with Crippen LogP contribution in [0.1, 0.15) is 63.9 Å². The molecule has 2 saturated carbocycles. The highest BCUT2D eigenvalue weighted by molar-refractivity contribution is 5.79. The van der Waals surface area contributed by atoms with E-state index < -0.39 is 12.5 Å². The number of hydrogen-bond donors (Lipinski definition) is 0. The molecule has 0 N–H and O–H groups in total. The molecule has 36 heavy (non-hydrogen) atoms. The molecule has 0 spiro atoms. The Balaban J connectivity index is 0.978. The normalized spacial score (nSPS) is 27.9. The van der Waals surface area contributed by atoms with Gasteiger partial charge in [0.2, 0.25) is 5.91 Å². The number of alkyl halides is 1. The summed E-state index contributed by atoms with van der Waals surface area (Å²) >= 11 is 0. The summed E-state index contributed by atoms with van der Waals surface area (Å²) in [5.74, 6) is 2.05. The number of likely N-dealkylation sites (tertiary alicyclic amines) is 1. The van der Waals surface area contributed by atoms with Crippen LogP contribution in [0.25, 0.3) is 0 Å². The van der Waals surface area contributed by atoms with Crippen molar-refractivity contribution in [2.45, 2.75) is 76.4 Å². The zero-order valence-electron chi connectivity index (χ0n) is 21.4. The first-order valence-corrected chi connectivity index (χ1v) is 13.7. The van der Waals surface area contributed by atoms with Gasteiger partial charge in [-0.3, -0.25) is 9.63 Å². The second-order valence-corrected chi connectivity index (χ2v) is 11.4. The molecule has 1 amide bonds. The van der Waals surface area contributed by atoms with E-state index in [2.05, 4.69) is 12.0 Å². The van der Waals surface area contributed by atoms with Crippen molar-refractivity contribution in [3.05, 3.63) is 29.6 Å². The van der Waals surface area contributed by atoms with Gasteiger partial charge in [0.1, 0.15) is 18.2 Å². The average molecular weight is 507 g/mol. The number of halogens is 2. The van der Waals surface area contributed by atoms with Crippen LogP contribution in [0.3, 0.4) is 0 Å². The van der Waals surface area contributed by atoms with Gasteiger partial charge in [-0.1, -0.05) is 6.07 Å². The minimum Gasteiger partial charge on any atom is -0.493 e. The van der Waals surface area contributed by atoms with Crippen LogP contribution in [-0.2, 0) is 20.8 Å². The minimum absolute atomic E-state index is 0.0391. The van der Waals surface area contributed by atoms with Gasteiger partial charge in [-0.05, 0) is 87.7 Å². The molecule has 0 aromatic heterocycles. The highest BCUT2D eigenvalue weighted by Crippen LogP contribution is 2.49. The highest BCUT2D eigenvalue weighted by Gasteiger charge is 2.43. The van der Waals surface area contributed by atoms with Crippen molar-refractivity contribution in [3.63, 3.8) is 0 Å². The summed E-state index contributed by atoms with van der Waals surface area (Å²) in [5, 5.41) is 2.05. The van der Waals surface area contributed by atoms with Gasteiger partial charge >= 0.3 is 0 Å². The number of rotatable bonds is 12. The Labute approximate surface area is 213 Å². The molecule has 0 bridgehead atoms. The first kappa shape index (κ1) is 25.9. The van der Waals surface area contributed by atoms with Crippen molar-refractivity contribution in [2.24, 2.45) is 17.8 Å². The van der Waals surface area contributed by atoms with Gasteiger partial charge in [0, 0.05) is 25.7 Å². The molecule has 0 unspecified atom stereocenters. The zero-order chi connectivity index (χ0) is 25.1. The van der Waals surface area contributed by atoms with Crippen LogP contribution in [0.5, 0.6) is 5.75 Å². The number of nitrogens with zero attached hydrogens (tertiary/aromatic N) is 2. The Morgan fingerprint density at radius 2 is 1.97 bits per heavy atom. The Hall–Kier alpha value is -1.77. The van der Waals surface area contributed by atoms with Crippen LogP contribution in [0.15, 0.2) is 18.2 Å². The lowest BCUT2D eigenvalue weighted by Crippen LogP contribution is -2.37. The maximum atomic E-state index is 14.6. The van der Waals surface area contributed by atoms with Crippen LogP contribution >= 0.6 is 0 Å². The Morgan fingerprint density at radius 3 is 2.69 bits per heavy atom. The number of hydrogen-bond acceptors (Lipinski definition) is 5. The van der Waals surface area contributed by atoms with Crippen molar-refractivity contribution < 1.29 is 27.9 Å². The molecule has 1 aromatic carbocycles. The van der Waals surface area contributed by atoms with Crippen molar-refractivity contribution in [3.8, 4) is 5.75 Å². The molecule has 8 heteroatoms. The molecule has 2 aliphatic heterocycles.